The molecule has 4 atom stereocenters. The molecule has 216 valence electrons. The molecule has 0 amide bonds. The minimum Gasteiger partial charge on any atom is -0.492 e. The lowest BCUT2D eigenvalue weighted by molar-refractivity contribution is -0.142. The van der Waals surface area contributed by atoms with E-state index in [2.05, 4.69) is 0 Å². The minimum atomic E-state index is -4.81. The van der Waals surface area contributed by atoms with Gasteiger partial charge in [-0.25, -0.2) is 8.42 Å². The lowest BCUT2D eigenvalue weighted by Crippen LogP contribution is -2.54. The molecule has 0 radical (unpaired) electrons. The van der Waals surface area contributed by atoms with E-state index >= 15 is 0 Å². The molecule has 13 heteroatoms. The van der Waals surface area contributed by atoms with E-state index in [0.29, 0.717) is 11.6 Å². The average molecular weight is 590 g/mol. The van der Waals surface area contributed by atoms with Crippen molar-refractivity contribution < 1.29 is 49.4 Å². The number of aliphatic carboxylic acids is 1. The van der Waals surface area contributed by atoms with Gasteiger partial charge in [0.2, 0.25) is 10.0 Å². The molecule has 1 aliphatic carbocycles. The van der Waals surface area contributed by atoms with Crippen LogP contribution in [0.15, 0.2) is 71.3 Å². The van der Waals surface area contributed by atoms with Crippen LogP contribution in [-0.2, 0) is 31.9 Å². The number of morpholine rings is 1. The molecule has 0 aromatic heterocycles. The number of carboxylic acid groups (broad SMARTS) is 1. The summed E-state index contributed by atoms with van der Waals surface area (Å²) in [6.07, 6.45) is -7.54. The summed E-state index contributed by atoms with van der Waals surface area (Å²) in [5.41, 5.74) is -1.51. The topological polar surface area (TPSA) is 83.9 Å². The number of halogens is 6. The van der Waals surface area contributed by atoms with Crippen molar-refractivity contribution in [1.82, 2.24) is 4.31 Å². The number of ether oxygens (including phenoxy) is 1. The van der Waals surface area contributed by atoms with Gasteiger partial charge in [-0.15, -0.1) is 0 Å². The standard InChI is InChI=1S/C27H25F6NO5S/c1-15(25(35)36)11-20-14-34(40(37,38)21-8-4-7-19(13-21)27(31,32)33)24-16(2)22(9-10-23(24)39-20)17-5-3-6-18(12-17)26(28,29)30/h3-10,12-13,15-16,20,24H,11,14H2,1-2H3,(H,35,36)/t15-,16?,20+,24?/m1/s1. The number of nitrogens with zero attached hydrogens (tertiary/aromatic N) is 1. The van der Waals surface area contributed by atoms with Crippen LogP contribution >= 0.6 is 0 Å². The third-order valence-electron chi connectivity index (χ3n) is 7.01. The third-order valence-corrected chi connectivity index (χ3v) is 8.85. The second-order valence-corrected chi connectivity index (χ2v) is 11.7. The van der Waals surface area contributed by atoms with Crippen molar-refractivity contribution in [2.75, 3.05) is 6.54 Å². The Hall–Kier alpha value is -3.32. The third kappa shape index (κ3) is 5.90. The van der Waals surface area contributed by atoms with Crippen molar-refractivity contribution in [2.24, 2.45) is 11.8 Å². The maximum Gasteiger partial charge on any atom is 0.416 e. The molecule has 1 heterocycles. The molecule has 40 heavy (non-hydrogen) atoms. The second-order valence-electron chi connectivity index (χ2n) is 9.82. The lowest BCUT2D eigenvalue weighted by Gasteiger charge is -2.45. The molecular weight excluding hydrogens is 564 g/mol. The summed E-state index contributed by atoms with van der Waals surface area (Å²) in [7, 11) is -4.62. The van der Waals surface area contributed by atoms with E-state index in [1.165, 1.54) is 31.2 Å². The maximum absolute atomic E-state index is 13.9. The molecule has 2 aromatic carbocycles. The summed E-state index contributed by atoms with van der Waals surface area (Å²) in [6, 6.07) is 6.65. The lowest BCUT2D eigenvalue weighted by atomic mass is 9.82. The Morgan fingerprint density at radius 3 is 2.23 bits per heavy atom. The molecule has 2 aliphatic rings. The second kappa shape index (κ2) is 10.6. The number of hydrogen-bond acceptors (Lipinski definition) is 4. The summed E-state index contributed by atoms with van der Waals surface area (Å²) in [4.78, 5) is 10.8. The van der Waals surface area contributed by atoms with Gasteiger partial charge in [-0.1, -0.05) is 38.1 Å². The fraction of sp³-hybridized carbons (Fsp3) is 0.370. The first-order valence-electron chi connectivity index (χ1n) is 12.2. The smallest absolute Gasteiger partial charge is 0.416 e. The fourth-order valence-electron chi connectivity index (χ4n) is 4.95. The first-order valence-corrected chi connectivity index (χ1v) is 13.6. The van der Waals surface area contributed by atoms with Gasteiger partial charge in [-0.05, 0) is 54.0 Å². The molecule has 1 saturated heterocycles. The molecule has 4 rings (SSSR count). The van der Waals surface area contributed by atoms with Gasteiger partial charge in [0.15, 0.2) is 0 Å². The number of sulfonamides is 1. The highest BCUT2D eigenvalue weighted by Gasteiger charge is 2.46. The number of alkyl halides is 6. The first-order chi connectivity index (χ1) is 18.5. The van der Waals surface area contributed by atoms with Crippen LogP contribution in [0.25, 0.3) is 5.57 Å². The van der Waals surface area contributed by atoms with Gasteiger partial charge in [0.25, 0.3) is 0 Å². The zero-order chi connectivity index (χ0) is 29.6. The minimum absolute atomic E-state index is 0.0907. The summed E-state index contributed by atoms with van der Waals surface area (Å²) in [6.45, 7) is 2.62. The first kappa shape index (κ1) is 29.7. The fourth-order valence-corrected chi connectivity index (χ4v) is 6.70. The molecule has 2 aromatic rings. The summed E-state index contributed by atoms with van der Waals surface area (Å²) in [5.74, 6) is -2.72. The van der Waals surface area contributed by atoms with Gasteiger partial charge in [0.05, 0.1) is 34.5 Å². The van der Waals surface area contributed by atoms with E-state index in [4.69, 9.17) is 4.74 Å². The van der Waals surface area contributed by atoms with E-state index in [-0.39, 0.29) is 24.3 Å². The van der Waals surface area contributed by atoms with E-state index in [1.807, 2.05) is 0 Å². The van der Waals surface area contributed by atoms with Gasteiger partial charge in [0, 0.05) is 5.92 Å². The number of benzene rings is 2. The normalized spacial score (nSPS) is 22.9. The summed E-state index contributed by atoms with van der Waals surface area (Å²) in [5, 5.41) is 9.34. The van der Waals surface area contributed by atoms with Gasteiger partial charge >= 0.3 is 18.3 Å². The van der Waals surface area contributed by atoms with Crippen LogP contribution in [0.1, 0.15) is 37.0 Å². The Balaban J connectivity index is 1.80. The molecule has 1 fully saturated rings. The van der Waals surface area contributed by atoms with E-state index in [0.717, 1.165) is 34.6 Å². The van der Waals surface area contributed by atoms with Crippen molar-refractivity contribution in [3.63, 3.8) is 0 Å². The Morgan fingerprint density at radius 1 is 1.02 bits per heavy atom. The van der Waals surface area contributed by atoms with Crippen LogP contribution in [0, 0.1) is 11.8 Å². The highest BCUT2D eigenvalue weighted by Crippen LogP contribution is 2.43. The summed E-state index contributed by atoms with van der Waals surface area (Å²) >= 11 is 0. The van der Waals surface area contributed by atoms with E-state index in [9.17, 15) is 44.7 Å². The highest BCUT2D eigenvalue weighted by atomic mass is 32.2. The molecule has 0 spiro atoms. The predicted molar refractivity (Wildman–Crippen MR) is 132 cm³/mol. The SMILES string of the molecule is CC1C(c2cccc(C(F)(F)F)c2)=CC=C2O[C@@H](C[C@@H](C)C(=O)O)CN(S(=O)(=O)c3cccc(C(F)(F)F)c3)C21. The zero-order valence-corrected chi connectivity index (χ0v) is 22.0. The van der Waals surface area contributed by atoms with Crippen molar-refractivity contribution in [2.45, 2.75) is 49.7 Å². The number of rotatable bonds is 6. The maximum atomic E-state index is 13.9. The Kier molecular flexibility index (Phi) is 7.85. The Bertz CT molecular complexity index is 1460. The summed E-state index contributed by atoms with van der Waals surface area (Å²) < 4.78 is 115. The van der Waals surface area contributed by atoms with Crippen molar-refractivity contribution in [3.05, 3.63) is 83.1 Å². The molecule has 1 aliphatic heterocycles. The molecule has 6 nitrogen and oxygen atoms in total. The van der Waals surface area contributed by atoms with E-state index < -0.39 is 68.3 Å². The van der Waals surface area contributed by atoms with E-state index in [1.54, 1.807) is 6.92 Å². The monoisotopic (exact) mass is 589 g/mol. The molecule has 0 bridgehead atoms. The van der Waals surface area contributed by atoms with Gasteiger partial charge in [-0.3, -0.25) is 4.79 Å². The number of carbonyl (C=O) groups is 1. The van der Waals surface area contributed by atoms with Gasteiger partial charge in [0.1, 0.15) is 11.9 Å². The molecular formula is C27H25F6NO5S. The number of hydrogen-bond donors (Lipinski definition) is 1. The quantitative estimate of drug-likeness (QED) is 0.405. The van der Waals surface area contributed by atoms with Crippen molar-refractivity contribution in [1.29, 1.82) is 0 Å². The Morgan fingerprint density at radius 2 is 1.62 bits per heavy atom. The van der Waals surface area contributed by atoms with Crippen LogP contribution in [0.2, 0.25) is 0 Å². The number of allylic oxidation sites excluding steroid dienone is 2. The highest BCUT2D eigenvalue weighted by molar-refractivity contribution is 7.89. The van der Waals surface area contributed by atoms with Crippen molar-refractivity contribution >= 4 is 21.6 Å². The molecule has 1 N–H and O–H groups in total. The van der Waals surface area contributed by atoms with Crippen LogP contribution in [0.4, 0.5) is 26.3 Å². The van der Waals surface area contributed by atoms with Crippen LogP contribution in [-0.4, -0.2) is 42.5 Å². The van der Waals surface area contributed by atoms with Crippen molar-refractivity contribution in [3.8, 4) is 0 Å². The van der Waals surface area contributed by atoms with Crippen LogP contribution in [0.5, 0.6) is 0 Å². The molecule has 2 unspecified atom stereocenters. The molecule has 0 saturated carbocycles. The Labute approximate surface area is 226 Å². The van der Waals surface area contributed by atoms with Gasteiger partial charge in [-0.2, -0.15) is 30.6 Å². The predicted octanol–water partition coefficient (Wildman–Crippen LogP) is 6.21. The zero-order valence-electron chi connectivity index (χ0n) is 21.2. The number of fused-ring (bicyclic) bond motifs is 1. The number of carboxylic acids is 1. The van der Waals surface area contributed by atoms with Gasteiger partial charge < -0.3 is 9.84 Å². The van der Waals surface area contributed by atoms with Crippen LogP contribution in [0.3, 0.4) is 0 Å². The van der Waals surface area contributed by atoms with Crippen LogP contribution < -0.4 is 0 Å². The average Bonchev–Trinajstić information content (AvgIpc) is 2.87. The largest absolute Gasteiger partial charge is 0.492 e.